The second-order valence-electron chi connectivity index (χ2n) is 4.38. The molecule has 2 aromatic rings. The summed E-state index contributed by atoms with van der Waals surface area (Å²) in [5, 5.41) is 9.26. The van der Waals surface area contributed by atoms with Gasteiger partial charge in [0.2, 0.25) is 0 Å². The molecule has 0 saturated carbocycles. The summed E-state index contributed by atoms with van der Waals surface area (Å²) in [5.41, 5.74) is 0.909. The summed E-state index contributed by atoms with van der Waals surface area (Å²) >= 11 is 0. The van der Waals surface area contributed by atoms with E-state index in [1.54, 1.807) is 18.2 Å². The van der Waals surface area contributed by atoms with Gasteiger partial charge in [-0.1, -0.05) is 0 Å². The zero-order chi connectivity index (χ0) is 15.6. The molecule has 2 rings (SSSR count). The number of Topliss-reactive ketones (excluding diaryl/α,β-unsaturated/α-hetero) is 1. The minimum atomic E-state index is -1.11. The first-order valence-corrected chi connectivity index (χ1v) is 6.17. The Kier molecular flexibility index (Phi) is 3.98. The van der Waals surface area contributed by atoms with Gasteiger partial charge < -0.3 is 19.1 Å². The van der Waals surface area contributed by atoms with E-state index in [-0.39, 0.29) is 11.5 Å². The number of aromatic nitrogens is 1. The molecule has 0 bridgehead atoms. The Balaban J connectivity index is 2.60. The van der Waals surface area contributed by atoms with Crippen LogP contribution in [0.1, 0.15) is 27.8 Å². The van der Waals surface area contributed by atoms with Crippen LogP contribution < -0.4 is 9.47 Å². The summed E-state index contributed by atoms with van der Waals surface area (Å²) in [4.78, 5) is 22.8. The number of rotatable bonds is 5. The first-order chi connectivity index (χ1) is 9.97. The summed E-state index contributed by atoms with van der Waals surface area (Å²) in [6.45, 7) is 1.39. The first-order valence-electron chi connectivity index (χ1n) is 6.17. The second-order valence-corrected chi connectivity index (χ2v) is 4.38. The molecule has 0 unspecified atom stereocenters. The quantitative estimate of drug-likeness (QED) is 0.855. The molecule has 1 N–H and O–H groups in total. The number of carboxylic acid groups (broad SMARTS) is 1. The van der Waals surface area contributed by atoms with Crippen molar-refractivity contribution in [2.24, 2.45) is 0 Å². The van der Waals surface area contributed by atoms with E-state index in [1.165, 1.54) is 38.0 Å². The van der Waals surface area contributed by atoms with Crippen molar-refractivity contribution < 1.29 is 24.2 Å². The number of ketones is 1. The largest absolute Gasteiger partial charge is 0.493 e. The van der Waals surface area contributed by atoms with Gasteiger partial charge >= 0.3 is 5.97 Å². The Hall–Kier alpha value is -2.76. The van der Waals surface area contributed by atoms with Gasteiger partial charge in [0, 0.05) is 23.5 Å². The smallest absolute Gasteiger partial charge is 0.352 e. The average Bonchev–Trinajstić information content (AvgIpc) is 2.92. The van der Waals surface area contributed by atoms with Crippen LogP contribution in [0.3, 0.4) is 0 Å². The summed E-state index contributed by atoms with van der Waals surface area (Å²) in [7, 11) is 3.01. The maximum absolute atomic E-state index is 11.4. The van der Waals surface area contributed by atoms with E-state index in [1.807, 2.05) is 0 Å². The van der Waals surface area contributed by atoms with E-state index in [0.29, 0.717) is 22.7 Å². The van der Waals surface area contributed by atoms with Crippen LogP contribution in [0, 0.1) is 0 Å². The van der Waals surface area contributed by atoms with Crippen LogP contribution in [-0.2, 0) is 0 Å². The fraction of sp³-hybridized carbons (Fsp3) is 0.200. The molecule has 1 aromatic heterocycles. The summed E-state index contributed by atoms with van der Waals surface area (Å²) in [6, 6.07) is 6.36. The van der Waals surface area contributed by atoms with Crippen molar-refractivity contribution in [1.82, 2.24) is 4.57 Å². The molecule has 0 amide bonds. The zero-order valence-electron chi connectivity index (χ0n) is 11.9. The number of hydrogen-bond donors (Lipinski definition) is 1. The van der Waals surface area contributed by atoms with Crippen molar-refractivity contribution in [2.75, 3.05) is 14.2 Å². The van der Waals surface area contributed by atoms with E-state index >= 15 is 0 Å². The molecule has 0 spiro atoms. The maximum Gasteiger partial charge on any atom is 0.352 e. The highest BCUT2D eigenvalue weighted by atomic mass is 16.5. The van der Waals surface area contributed by atoms with E-state index < -0.39 is 5.97 Å². The van der Waals surface area contributed by atoms with Gasteiger partial charge in [0.15, 0.2) is 17.3 Å². The van der Waals surface area contributed by atoms with Gasteiger partial charge in [0.05, 0.1) is 14.2 Å². The van der Waals surface area contributed by atoms with Crippen molar-refractivity contribution in [1.29, 1.82) is 0 Å². The zero-order valence-corrected chi connectivity index (χ0v) is 11.9. The third-order valence-electron chi connectivity index (χ3n) is 3.09. The van der Waals surface area contributed by atoms with Crippen molar-refractivity contribution >= 4 is 11.8 Å². The minimum Gasteiger partial charge on any atom is -0.493 e. The highest BCUT2D eigenvalue weighted by molar-refractivity contribution is 5.97. The van der Waals surface area contributed by atoms with Gasteiger partial charge in [0.1, 0.15) is 5.69 Å². The highest BCUT2D eigenvalue weighted by Crippen LogP contribution is 2.30. The Morgan fingerprint density at radius 3 is 2.29 bits per heavy atom. The Morgan fingerprint density at radius 1 is 1.10 bits per heavy atom. The van der Waals surface area contributed by atoms with Crippen LogP contribution in [0.2, 0.25) is 0 Å². The molecule has 6 heteroatoms. The lowest BCUT2D eigenvalue weighted by atomic mass is 10.2. The Morgan fingerprint density at radius 2 is 1.76 bits per heavy atom. The van der Waals surface area contributed by atoms with Gasteiger partial charge in [-0.15, -0.1) is 0 Å². The lowest BCUT2D eigenvalue weighted by molar-refractivity contribution is 0.0688. The first kappa shape index (κ1) is 14.6. The van der Waals surface area contributed by atoms with E-state index in [2.05, 4.69) is 0 Å². The van der Waals surface area contributed by atoms with Crippen LogP contribution in [-0.4, -0.2) is 35.6 Å². The molecule has 0 aliphatic heterocycles. The number of hydrogen-bond acceptors (Lipinski definition) is 4. The fourth-order valence-electron chi connectivity index (χ4n) is 2.01. The summed E-state index contributed by atoms with van der Waals surface area (Å²) in [5.74, 6) is -0.296. The third kappa shape index (κ3) is 2.74. The maximum atomic E-state index is 11.4. The Bertz CT molecular complexity index is 702. The standard InChI is InChI=1S/C15H15NO5/c1-9(17)10-6-12(15(18)19)16(8-10)11-4-5-13(20-2)14(7-11)21-3/h4-8H,1-3H3,(H,18,19). The number of aromatic carboxylic acids is 1. The van der Waals surface area contributed by atoms with Gasteiger partial charge in [-0.3, -0.25) is 4.79 Å². The second kappa shape index (κ2) is 5.70. The van der Waals surface area contributed by atoms with Crippen LogP contribution >= 0.6 is 0 Å². The molecule has 0 atom stereocenters. The molecular weight excluding hydrogens is 274 g/mol. The molecule has 0 fully saturated rings. The lowest BCUT2D eigenvalue weighted by Gasteiger charge is -2.11. The van der Waals surface area contributed by atoms with Crippen molar-refractivity contribution in [3.8, 4) is 17.2 Å². The summed E-state index contributed by atoms with van der Waals surface area (Å²) < 4.78 is 11.8. The molecule has 0 radical (unpaired) electrons. The summed E-state index contributed by atoms with van der Waals surface area (Å²) in [6.07, 6.45) is 1.49. The molecule has 0 aliphatic carbocycles. The number of benzene rings is 1. The third-order valence-corrected chi connectivity index (χ3v) is 3.09. The molecular formula is C15H15NO5. The average molecular weight is 289 g/mol. The van der Waals surface area contributed by atoms with Crippen LogP contribution in [0.15, 0.2) is 30.5 Å². The molecule has 21 heavy (non-hydrogen) atoms. The molecule has 0 saturated heterocycles. The van der Waals surface area contributed by atoms with E-state index in [4.69, 9.17) is 9.47 Å². The number of carboxylic acids is 1. The number of methoxy groups -OCH3 is 2. The van der Waals surface area contributed by atoms with Crippen LogP contribution in [0.25, 0.3) is 5.69 Å². The molecule has 1 heterocycles. The topological polar surface area (TPSA) is 77.8 Å². The molecule has 110 valence electrons. The van der Waals surface area contributed by atoms with Crippen LogP contribution in [0.5, 0.6) is 11.5 Å². The predicted octanol–water partition coefficient (Wildman–Crippen LogP) is 2.40. The van der Waals surface area contributed by atoms with Gasteiger partial charge in [-0.2, -0.15) is 0 Å². The highest BCUT2D eigenvalue weighted by Gasteiger charge is 2.17. The number of ether oxygens (including phenoxy) is 2. The van der Waals surface area contributed by atoms with E-state index in [0.717, 1.165) is 0 Å². The number of carbonyl (C=O) groups excluding carboxylic acids is 1. The minimum absolute atomic E-state index is 0.00687. The normalized spacial score (nSPS) is 10.2. The van der Waals surface area contributed by atoms with Gasteiger partial charge in [0.25, 0.3) is 0 Å². The lowest BCUT2D eigenvalue weighted by Crippen LogP contribution is -2.05. The molecule has 1 aromatic carbocycles. The molecule has 6 nitrogen and oxygen atoms in total. The monoisotopic (exact) mass is 289 g/mol. The van der Waals surface area contributed by atoms with E-state index in [9.17, 15) is 14.7 Å². The number of nitrogens with zero attached hydrogens (tertiary/aromatic N) is 1. The Labute approximate surface area is 121 Å². The van der Waals surface area contributed by atoms with Gasteiger partial charge in [-0.25, -0.2) is 4.79 Å². The molecule has 0 aliphatic rings. The van der Waals surface area contributed by atoms with Crippen molar-refractivity contribution in [2.45, 2.75) is 6.92 Å². The SMILES string of the molecule is COc1ccc(-n2cc(C(C)=O)cc2C(=O)O)cc1OC. The van der Waals surface area contributed by atoms with Crippen molar-refractivity contribution in [3.05, 3.63) is 41.7 Å². The van der Waals surface area contributed by atoms with Gasteiger partial charge in [-0.05, 0) is 25.1 Å². The predicted molar refractivity (Wildman–Crippen MR) is 75.8 cm³/mol. The van der Waals surface area contributed by atoms with Crippen LogP contribution in [0.4, 0.5) is 0 Å². The van der Waals surface area contributed by atoms with Crippen molar-refractivity contribution in [3.63, 3.8) is 0 Å². The number of carbonyl (C=O) groups is 2. The fourth-order valence-corrected chi connectivity index (χ4v) is 2.01.